The maximum atomic E-state index is 12.4. The number of hydrogen-bond donors (Lipinski definition) is 2. The summed E-state index contributed by atoms with van der Waals surface area (Å²) in [6.07, 6.45) is 4.76. The molecular weight excluding hydrogens is 302 g/mol. The molecule has 5 heteroatoms. The number of aromatic nitrogens is 1. The Hall–Kier alpha value is -2.40. The molecule has 1 saturated heterocycles. The van der Waals surface area contributed by atoms with E-state index < -0.39 is 5.60 Å². The lowest BCUT2D eigenvalue weighted by molar-refractivity contribution is 0.0328. The number of fused-ring (bicyclic) bond motifs is 1. The molecule has 2 aromatic rings. The Morgan fingerprint density at radius 3 is 2.46 bits per heavy atom. The molecule has 124 valence electrons. The van der Waals surface area contributed by atoms with Gasteiger partial charge in [-0.25, -0.2) is 4.79 Å². The molecule has 1 saturated carbocycles. The van der Waals surface area contributed by atoms with Crippen molar-refractivity contribution >= 4 is 11.7 Å². The van der Waals surface area contributed by atoms with Crippen LogP contribution in [0.4, 0.5) is 10.5 Å². The van der Waals surface area contributed by atoms with Crippen molar-refractivity contribution in [1.82, 2.24) is 9.88 Å². The zero-order valence-electron chi connectivity index (χ0n) is 13.4. The van der Waals surface area contributed by atoms with Crippen molar-refractivity contribution in [1.29, 1.82) is 0 Å². The van der Waals surface area contributed by atoms with Gasteiger partial charge in [0.1, 0.15) is 0 Å². The summed E-state index contributed by atoms with van der Waals surface area (Å²) in [7, 11) is 0. The lowest BCUT2D eigenvalue weighted by Crippen LogP contribution is -2.35. The molecule has 1 aliphatic carbocycles. The number of likely N-dealkylation sites (tertiary alicyclic amines) is 1. The molecule has 2 amide bonds. The van der Waals surface area contributed by atoms with Gasteiger partial charge in [-0.2, -0.15) is 0 Å². The Kier molecular flexibility index (Phi) is 3.73. The predicted octanol–water partition coefficient (Wildman–Crippen LogP) is 2.84. The van der Waals surface area contributed by atoms with E-state index in [0.29, 0.717) is 30.6 Å². The number of rotatable bonds is 2. The molecule has 2 atom stereocenters. The molecule has 1 aromatic carbocycles. The van der Waals surface area contributed by atoms with Crippen molar-refractivity contribution in [3.8, 4) is 0 Å². The molecule has 0 radical (unpaired) electrons. The van der Waals surface area contributed by atoms with Crippen LogP contribution in [0.5, 0.6) is 0 Å². The number of carbonyl (C=O) groups excluding carboxylic acids is 1. The number of carbonyl (C=O) groups is 1. The van der Waals surface area contributed by atoms with Crippen molar-refractivity contribution < 1.29 is 9.90 Å². The summed E-state index contributed by atoms with van der Waals surface area (Å²) in [4.78, 5) is 18.3. The molecule has 2 heterocycles. The highest BCUT2D eigenvalue weighted by Gasteiger charge is 2.49. The smallest absolute Gasteiger partial charge is 0.321 e. The first-order valence-corrected chi connectivity index (χ1v) is 8.38. The van der Waals surface area contributed by atoms with Gasteiger partial charge in [-0.1, -0.05) is 30.3 Å². The van der Waals surface area contributed by atoms with Gasteiger partial charge in [0, 0.05) is 19.3 Å². The first-order valence-electron chi connectivity index (χ1n) is 8.38. The van der Waals surface area contributed by atoms with Crippen LogP contribution in [0.15, 0.2) is 54.9 Å². The van der Waals surface area contributed by atoms with E-state index in [9.17, 15) is 9.90 Å². The van der Waals surface area contributed by atoms with E-state index in [-0.39, 0.29) is 6.03 Å². The second-order valence-electron chi connectivity index (χ2n) is 6.90. The molecule has 2 unspecified atom stereocenters. The van der Waals surface area contributed by atoms with Gasteiger partial charge < -0.3 is 15.3 Å². The molecule has 5 nitrogen and oxygen atoms in total. The van der Waals surface area contributed by atoms with Crippen LogP contribution in [0.1, 0.15) is 18.4 Å². The van der Waals surface area contributed by atoms with Crippen molar-refractivity contribution in [2.45, 2.75) is 18.4 Å². The standard InChI is InChI=1S/C19H21N3O2/c23-18(21-17-7-4-8-20-11-17)22-12-14-9-19(24,10-15(14)13-22)16-5-2-1-3-6-16/h1-8,11,14-15,24H,9-10,12-13H2,(H,21,23). The molecule has 0 spiro atoms. The average molecular weight is 323 g/mol. The largest absolute Gasteiger partial charge is 0.385 e. The van der Waals surface area contributed by atoms with E-state index in [2.05, 4.69) is 10.3 Å². The van der Waals surface area contributed by atoms with Crippen LogP contribution in [-0.4, -0.2) is 34.1 Å². The van der Waals surface area contributed by atoms with Crippen molar-refractivity contribution in [3.63, 3.8) is 0 Å². The van der Waals surface area contributed by atoms with Gasteiger partial charge in [0.25, 0.3) is 0 Å². The van der Waals surface area contributed by atoms with Crippen LogP contribution in [0, 0.1) is 11.8 Å². The minimum atomic E-state index is -0.748. The molecule has 4 rings (SSSR count). The van der Waals surface area contributed by atoms with Gasteiger partial charge in [0.05, 0.1) is 17.5 Å². The number of nitrogens with one attached hydrogen (secondary N) is 1. The molecule has 1 aromatic heterocycles. The normalized spacial score (nSPS) is 28.6. The third kappa shape index (κ3) is 2.76. The topological polar surface area (TPSA) is 65.5 Å². The fourth-order valence-electron chi connectivity index (χ4n) is 4.14. The Morgan fingerprint density at radius 1 is 1.12 bits per heavy atom. The Balaban J connectivity index is 1.40. The van der Waals surface area contributed by atoms with E-state index in [1.54, 1.807) is 18.5 Å². The van der Waals surface area contributed by atoms with Crippen molar-refractivity contribution in [3.05, 3.63) is 60.4 Å². The molecule has 1 aliphatic heterocycles. The average Bonchev–Trinajstić information content (AvgIpc) is 3.12. The predicted molar refractivity (Wildman–Crippen MR) is 91.4 cm³/mol. The van der Waals surface area contributed by atoms with Crippen molar-refractivity contribution in [2.24, 2.45) is 11.8 Å². The van der Waals surface area contributed by atoms with Crippen molar-refractivity contribution in [2.75, 3.05) is 18.4 Å². The van der Waals surface area contributed by atoms with E-state index >= 15 is 0 Å². The van der Waals surface area contributed by atoms with Crippen LogP contribution in [0.2, 0.25) is 0 Å². The van der Waals surface area contributed by atoms with E-state index in [4.69, 9.17) is 0 Å². The maximum Gasteiger partial charge on any atom is 0.321 e. The van der Waals surface area contributed by atoms with Crippen LogP contribution in [-0.2, 0) is 5.60 Å². The summed E-state index contributed by atoms with van der Waals surface area (Å²) in [6.45, 7) is 1.40. The van der Waals surface area contributed by atoms with Gasteiger partial charge in [0.2, 0.25) is 0 Å². The van der Waals surface area contributed by atoms with Gasteiger partial charge in [0.15, 0.2) is 0 Å². The van der Waals surface area contributed by atoms with Crippen LogP contribution in [0.25, 0.3) is 0 Å². The van der Waals surface area contributed by atoms with E-state index in [0.717, 1.165) is 18.4 Å². The third-order valence-corrected chi connectivity index (χ3v) is 5.29. The summed E-state index contributed by atoms with van der Waals surface area (Å²) in [5.74, 6) is 0.713. The van der Waals surface area contributed by atoms with Gasteiger partial charge >= 0.3 is 6.03 Å². The fourth-order valence-corrected chi connectivity index (χ4v) is 4.14. The number of aliphatic hydroxyl groups is 1. The first-order chi connectivity index (χ1) is 11.6. The van der Waals surface area contributed by atoms with Gasteiger partial charge in [-0.3, -0.25) is 4.98 Å². The molecule has 0 bridgehead atoms. The summed E-state index contributed by atoms with van der Waals surface area (Å²) in [5, 5.41) is 13.9. The minimum absolute atomic E-state index is 0.0827. The SMILES string of the molecule is O=C(Nc1cccnc1)N1CC2CC(O)(c3ccccc3)CC2C1. The Bertz CT molecular complexity index is 706. The monoisotopic (exact) mass is 323 g/mol. The molecule has 2 aliphatic rings. The number of pyridine rings is 1. The maximum absolute atomic E-state index is 12.4. The highest BCUT2D eigenvalue weighted by atomic mass is 16.3. The third-order valence-electron chi connectivity index (χ3n) is 5.29. The van der Waals surface area contributed by atoms with E-state index in [1.165, 1.54) is 0 Å². The first kappa shape index (κ1) is 15.1. The second kappa shape index (κ2) is 5.91. The molecule has 24 heavy (non-hydrogen) atoms. The number of amides is 2. The summed E-state index contributed by atoms with van der Waals surface area (Å²) in [6, 6.07) is 13.4. The summed E-state index contributed by atoms with van der Waals surface area (Å²) >= 11 is 0. The van der Waals surface area contributed by atoms with Crippen LogP contribution < -0.4 is 5.32 Å². The quantitative estimate of drug-likeness (QED) is 0.893. The zero-order chi connectivity index (χ0) is 16.6. The summed E-state index contributed by atoms with van der Waals surface area (Å²) in [5.41, 5.74) is 0.953. The number of nitrogens with zero attached hydrogens (tertiary/aromatic N) is 2. The van der Waals surface area contributed by atoms with Gasteiger partial charge in [-0.05, 0) is 42.4 Å². The summed E-state index contributed by atoms with van der Waals surface area (Å²) < 4.78 is 0. The minimum Gasteiger partial charge on any atom is -0.385 e. The molecular formula is C19H21N3O2. The lowest BCUT2D eigenvalue weighted by Gasteiger charge is -2.26. The van der Waals surface area contributed by atoms with Gasteiger partial charge in [-0.15, -0.1) is 0 Å². The molecule has 2 fully saturated rings. The number of benzene rings is 1. The number of anilines is 1. The number of hydrogen-bond acceptors (Lipinski definition) is 3. The second-order valence-corrected chi connectivity index (χ2v) is 6.90. The highest BCUT2D eigenvalue weighted by molar-refractivity contribution is 5.89. The number of urea groups is 1. The van der Waals surface area contributed by atoms with Crippen LogP contribution in [0.3, 0.4) is 0 Å². The Labute approximate surface area is 141 Å². The Morgan fingerprint density at radius 2 is 1.83 bits per heavy atom. The lowest BCUT2D eigenvalue weighted by atomic mass is 9.90. The highest BCUT2D eigenvalue weighted by Crippen LogP contribution is 2.48. The molecule has 2 N–H and O–H groups in total. The van der Waals surface area contributed by atoms with Crippen LogP contribution >= 0.6 is 0 Å². The van der Waals surface area contributed by atoms with E-state index in [1.807, 2.05) is 41.3 Å². The zero-order valence-corrected chi connectivity index (χ0v) is 13.4. The fraction of sp³-hybridized carbons (Fsp3) is 0.368.